The van der Waals surface area contributed by atoms with Gasteiger partial charge in [-0.2, -0.15) is 0 Å². The largest absolute Gasteiger partial charge is 0.379 e. The van der Waals surface area contributed by atoms with Crippen LogP contribution >= 0.6 is 8.53 Å². The van der Waals surface area contributed by atoms with Crippen molar-refractivity contribution in [3.05, 3.63) is 35.9 Å². The average Bonchev–Trinajstić information content (AvgIpc) is 3.56. The van der Waals surface area contributed by atoms with Gasteiger partial charge in [0.15, 0.2) is 0 Å². The Labute approximate surface area is 187 Å². The molecule has 8 heteroatoms. The summed E-state index contributed by atoms with van der Waals surface area (Å²) in [4.78, 5) is 13.6. The van der Waals surface area contributed by atoms with E-state index in [1.54, 1.807) is 0 Å². The molecule has 0 N–H and O–H groups in total. The van der Waals surface area contributed by atoms with E-state index in [-0.39, 0.29) is 36.3 Å². The highest BCUT2D eigenvalue weighted by Crippen LogP contribution is 2.61. The first-order chi connectivity index (χ1) is 15.2. The van der Waals surface area contributed by atoms with Gasteiger partial charge in [-0.25, -0.2) is 4.67 Å². The van der Waals surface area contributed by atoms with Crippen LogP contribution in [0.4, 0.5) is 0 Å². The number of carbonyl (C=O) groups excluding carboxylic acids is 1. The van der Waals surface area contributed by atoms with Gasteiger partial charge in [-0.1, -0.05) is 44.2 Å². The Hall–Kier alpha value is -0.815. The number of ether oxygens (including phenoxy) is 1. The quantitative estimate of drug-likeness (QED) is 0.362. The van der Waals surface area contributed by atoms with Crippen LogP contribution in [0.5, 0.6) is 0 Å². The molecule has 4 aliphatic rings. The molecule has 1 radical (unpaired) electrons. The first-order valence-corrected chi connectivity index (χ1v) is 13.0. The molecule has 167 valence electrons. The minimum atomic E-state index is -1.09. The lowest BCUT2D eigenvalue weighted by Gasteiger charge is -2.28. The van der Waals surface area contributed by atoms with Gasteiger partial charge < -0.3 is 23.4 Å². The van der Waals surface area contributed by atoms with Gasteiger partial charge in [0.1, 0.15) is 12.4 Å². The van der Waals surface area contributed by atoms with Gasteiger partial charge in [0.25, 0.3) is 8.53 Å². The Bertz CT molecular complexity index is 758. The molecule has 0 bridgehead atoms. The molecule has 4 heterocycles. The van der Waals surface area contributed by atoms with E-state index in [0.717, 1.165) is 45.1 Å². The zero-order valence-electron chi connectivity index (χ0n) is 18.5. The maximum absolute atomic E-state index is 11.4. The predicted molar refractivity (Wildman–Crippen MR) is 121 cm³/mol. The summed E-state index contributed by atoms with van der Waals surface area (Å²) in [6.45, 7) is 6.36. The van der Waals surface area contributed by atoms with Crippen molar-refractivity contribution >= 4 is 22.2 Å². The number of nitrogens with zero attached hydrogens (tertiary/aromatic N) is 2. The van der Waals surface area contributed by atoms with Gasteiger partial charge in [0.2, 0.25) is 7.41 Å². The Balaban J connectivity index is 1.28. The molecule has 0 aliphatic carbocycles. The summed E-state index contributed by atoms with van der Waals surface area (Å²) in [7, 11) is 1.05. The lowest BCUT2D eigenvalue weighted by molar-refractivity contribution is -0.110. The molecule has 6 nitrogen and oxygen atoms in total. The molecule has 1 aromatic carbocycles. The van der Waals surface area contributed by atoms with E-state index in [4.69, 9.17) is 13.8 Å². The zero-order chi connectivity index (χ0) is 21.4. The molecular weight excluding hydrogens is 410 g/mol. The minimum Gasteiger partial charge on any atom is -0.379 e. The summed E-state index contributed by atoms with van der Waals surface area (Å²) in [6, 6.07) is 10.9. The van der Waals surface area contributed by atoms with Crippen LogP contribution in [0.25, 0.3) is 0 Å². The van der Waals surface area contributed by atoms with E-state index in [1.165, 1.54) is 12.0 Å². The van der Waals surface area contributed by atoms with Gasteiger partial charge in [-0.15, -0.1) is 0 Å². The third-order valence-corrected chi connectivity index (χ3v) is 9.10. The molecule has 31 heavy (non-hydrogen) atoms. The summed E-state index contributed by atoms with van der Waals surface area (Å²) in [5.74, 6) is 0.223. The minimum absolute atomic E-state index is 0.00428. The van der Waals surface area contributed by atoms with E-state index in [2.05, 4.69) is 61.1 Å². The molecule has 0 aromatic heterocycles. The van der Waals surface area contributed by atoms with Gasteiger partial charge in [0.05, 0.1) is 24.3 Å². The van der Waals surface area contributed by atoms with Crippen molar-refractivity contribution in [3.8, 4) is 0 Å². The fraction of sp³-hybridized carbons (Fsp3) is 0.696. The SMILES string of the molecule is CC[C@H]1O[C@@H]([B]N2CCC[C@H]2C=O)C(C)[C@H]1O[P@]1O[C@@H](c2ccccc2)[C@H]2CCCN21. The second-order valence-electron chi connectivity index (χ2n) is 9.26. The monoisotopic (exact) mass is 443 g/mol. The third-order valence-electron chi connectivity index (χ3n) is 7.35. The number of hydrogen-bond donors (Lipinski definition) is 0. The van der Waals surface area contributed by atoms with Crippen LogP contribution in [0.1, 0.15) is 57.6 Å². The topological polar surface area (TPSA) is 51.2 Å². The van der Waals surface area contributed by atoms with Crippen LogP contribution in [0.3, 0.4) is 0 Å². The Morgan fingerprint density at radius 2 is 2.03 bits per heavy atom. The van der Waals surface area contributed by atoms with Crippen LogP contribution in [-0.2, 0) is 18.6 Å². The Kier molecular flexibility index (Phi) is 6.80. The van der Waals surface area contributed by atoms with Crippen LogP contribution in [0, 0.1) is 5.92 Å². The Morgan fingerprint density at radius 1 is 1.23 bits per heavy atom. The highest BCUT2D eigenvalue weighted by molar-refractivity contribution is 7.45. The predicted octanol–water partition coefficient (Wildman–Crippen LogP) is 3.89. The third kappa shape index (κ3) is 4.26. The number of benzene rings is 1. The summed E-state index contributed by atoms with van der Waals surface area (Å²) in [5.41, 5.74) is 1.25. The maximum Gasteiger partial charge on any atom is 0.260 e. The van der Waals surface area contributed by atoms with Gasteiger partial charge in [-0.05, 0) is 44.2 Å². The summed E-state index contributed by atoms with van der Waals surface area (Å²) in [5, 5.41) is 0. The molecule has 1 unspecified atom stereocenters. The highest BCUT2D eigenvalue weighted by Gasteiger charge is 2.51. The standard InChI is InChI=1S/C23H33BN2O4P/c1-3-20-21(16(2)23(28-20)24-25-13-7-11-18(25)15-27)29-31-26-14-8-12-19(26)22(30-31)17-9-5-4-6-10-17/h4-6,9-10,15-16,18-23H,3,7-8,11-14H2,1-2H3/t16?,18-,19+,20+,21+,22-,23+,31+/m0/s1. The fourth-order valence-corrected chi connectivity index (χ4v) is 7.63. The van der Waals surface area contributed by atoms with Crippen molar-refractivity contribution in [3.63, 3.8) is 0 Å². The van der Waals surface area contributed by atoms with Crippen LogP contribution in [0.15, 0.2) is 30.3 Å². The normalized spacial score (nSPS) is 41.0. The number of carbonyl (C=O) groups is 1. The van der Waals surface area contributed by atoms with E-state index in [1.807, 2.05) is 0 Å². The number of fused-ring (bicyclic) bond motifs is 1. The van der Waals surface area contributed by atoms with E-state index < -0.39 is 8.53 Å². The van der Waals surface area contributed by atoms with Gasteiger partial charge in [0, 0.05) is 18.5 Å². The fourth-order valence-electron chi connectivity index (χ4n) is 5.56. The summed E-state index contributed by atoms with van der Waals surface area (Å²) < 4.78 is 22.2. The lowest BCUT2D eigenvalue weighted by Crippen LogP contribution is -2.42. The van der Waals surface area contributed by atoms with Crippen LogP contribution < -0.4 is 0 Å². The van der Waals surface area contributed by atoms with Crippen molar-refractivity contribution in [1.82, 2.24) is 9.48 Å². The van der Waals surface area contributed by atoms with E-state index in [0.29, 0.717) is 6.04 Å². The zero-order valence-corrected chi connectivity index (χ0v) is 19.4. The van der Waals surface area contributed by atoms with Crippen molar-refractivity contribution in [2.45, 2.75) is 82.4 Å². The number of hydrogen-bond acceptors (Lipinski definition) is 6. The molecule has 5 rings (SSSR count). The molecule has 1 aromatic rings. The number of rotatable bonds is 7. The highest BCUT2D eigenvalue weighted by atomic mass is 31.2. The summed E-state index contributed by atoms with van der Waals surface area (Å²) in [6.07, 6.45) is 6.49. The van der Waals surface area contributed by atoms with Crippen LogP contribution in [0.2, 0.25) is 0 Å². The summed E-state index contributed by atoms with van der Waals surface area (Å²) >= 11 is 0. The van der Waals surface area contributed by atoms with Crippen molar-refractivity contribution < 1.29 is 18.6 Å². The molecule has 4 saturated heterocycles. The molecule has 4 fully saturated rings. The first kappa shape index (κ1) is 22.0. The second-order valence-corrected chi connectivity index (χ2v) is 10.7. The van der Waals surface area contributed by atoms with Gasteiger partial charge in [-0.3, -0.25) is 0 Å². The van der Waals surface area contributed by atoms with Crippen molar-refractivity contribution in [2.24, 2.45) is 5.92 Å². The van der Waals surface area contributed by atoms with Gasteiger partial charge >= 0.3 is 0 Å². The average molecular weight is 443 g/mol. The van der Waals surface area contributed by atoms with E-state index in [9.17, 15) is 4.79 Å². The first-order valence-electron chi connectivity index (χ1n) is 11.9. The maximum atomic E-state index is 11.4. The number of aldehydes is 1. The molecule has 4 aliphatic heterocycles. The Morgan fingerprint density at radius 3 is 2.81 bits per heavy atom. The molecule has 0 saturated carbocycles. The van der Waals surface area contributed by atoms with Crippen molar-refractivity contribution in [1.29, 1.82) is 0 Å². The smallest absolute Gasteiger partial charge is 0.260 e. The molecule has 0 spiro atoms. The van der Waals surface area contributed by atoms with Crippen molar-refractivity contribution in [2.75, 3.05) is 13.1 Å². The molecule has 0 amide bonds. The molecule has 8 atom stereocenters. The molecular formula is C23H33BN2O4P. The van der Waals surface area contributed by atoms with Crippen LogP contribution in [-0.4, -0.2) is 66.6 Å². The second kappa shape index (κ2) is 9.58. The van der Waals surface area contributed by atoms with E-state index >= 15 is 0 Å². The lowest BCUT2D eigenvalue weighted by atomic mass is 9.74.